The third-order valence-electron chi connectivity index (χ3n) is 6.25. The number of methoxy groups -OCH3 is 2. The topological polar surface area (TPSA) is 18.5 Å². The molecule has 28 heavy (non-hydrogen) atoms. The minimum atomic E-state index is 0.838. The molecule has 0 amide bonds. The molecule has 152 valence electrons. The van der Waals surface area contributed by atoms with E-state index in [1.54, 1.807) is 14.2 Å². The second kappa shape index (κ2) is 10.0. The first-order valence-electron chi connectivity index (χ1n) is 10.9. The second-order valence-corrected chi connectivity index (χ2v) is 8.67. The van der Waals surface area contributed by atoms with Crippen LogP contribution in [0.2, 0.25) is 0 Å². The summed E-state index contributed by atoms with van der Waals surface area (Å²) in [6, 6.07) is 13.0. The van der Waals surface area contributed by atoms with Gasteiger partial charge in [0.05, 0.1) is 14.2 Å². The van der Waals surface area contributed by atoms with Gasteiger partial charge in [-0.3, -0.25) is 0 Å². The van der Waals surface area contributed by atoms with Gasteiger partial charge in [-0.25, -0.2) is 0 Å². The summed E-state index contributed by atoms with van der Waals surface area (Å²) in [4.78, 5) is 0. The van der Waals surface area contributed by atoms with E-state index in [0.717, 1.165) is 23.3 Å². The first-order valence-corrected chi connectivity index (χ1v) is 10.9. The summed E-state index contributed by atoms with van der Waals surface area (Å²) < 4.78 is 10.5. The van der Waals surface area contributed by atoms with Crippen LogP contribution in [0.5, 0.6) is 11.5 Å². The fourth-order valence-corrected chi connectivity index (χ4v) is 4.56. The molecule has 2 nitrogen and oxygen atoms in total. The molecule has 0 N–H and O–H groups in total. The lowest BCUT2D eigenvalue weighted by Crippen LogP contribution is -1.97. The molecule has 0 spiro atoms. The Morgan fingerprint density at radius 1 is 0.643 bits per heavy atom. The van der Waals surface area contributed by atoms with E-state index in [-0.39, 0.29) is 0 Å². The number of rotatable bonds is 2. The summed E-state index contributed by atoms with van der Waals surface area (Å²) in [5.41, 5.74) is 6.04. The van der Waals surface area contributed by atoms with Gasteiger partial charge < -0.3 is 9.47 Å². The SMILES string of the molecule is COc1ccc2c(c1)CCC[C@@H](C)C2.COc1ccc2c(c1)CCC[C@H](C)C2. The van der Waals surface area contributed by atoms with E-state index in [1.807, 2.05) is 0 Å². The summed E-state index contributed by atoms with van der Waals surface area (Å²) in [6.45, 7) is 4.69. The number of aryl methyl sites for hydroxylation is 2. The Hall–Kier alpha value is -1.96. The summed E-state index contributed by atoms with van der Waals surface area (Å²) in [5, 5.41) is 0. The van der Waals surface area contributed by atoms with E-state index in [2.05, 4.69) is 50.2 Å². The van der Waals surface area contributed by atoms with Crippen LogP contribution >= 0.6 is 0 Å². The van der Waals surface area contributed by atoms with Crippen LogP contribution < -0.4 is 9.47 Å². The molecular formula is C26H36O2. The molecule has 0 unspecified atom stereocenters. The lowest BCUT2D eigenvalue weighted by atomic mass is 9.98. The van der Waals surface area contributed by atoms with Crippen LogP contribution in [0.3, 0.4) is 0 Å². The van der Waals surface area contributed by atoms with Crippen molar-refractivity contribution < 1.29 is 9.47 Å². The van der Waals surface area contributed by atoms with Crippen molar-refractivity contribution in [3.05, 3.63) is 58.7 Å². The highest BCUT2D eigenvalue weighted by molar-refractivity contribution is 5.37. The third kappa shape index (κ3) is 5.53. The van der Waals surface area contributed by atoms with Crippen molar-refractivity contribution in [3.8, 4) is 11.5 Å². The quantitative estimate of drug-likeness (QED) is 0.560. The molecule has 2 aromatic carbocycles. The van der Waals surface area contributed by atoms with Crippen molar-refractivity contribution in [2.24, 2.45) is 11.8 Å². The van der Waals surface area contributed by atoms with Gasteiger partial charge in [-0.15, -0.1) is 0 Å². The van der Waals surface area contributed by atoms with Gasteiger partial charge in [-0.2, -0.15) is 0 Å². The highest BCUT2D eigenvalue weighted by Gasteiger charge is 2.14. The molecule has 2 aliphatic rings. The predicted octanol–water partition coefficient (Wildman–Crippen LogP) is 6.42. The largest absolute Gasteiger partial charge is 0.497 e. The molecule has 4 rings (SSSR count). The summed E-state index contributed by atoms with van der Waals surface area (Å²) in [7, 11) is 3.47. The molecule has 0 bridgehead atoms. The van der Waals surface area contributed by atoms with Crippen LogP contribution in [-0.4, -0.2) is 14.2 Å². The fraction of sp³-hybridized carbons (Fsp3) is 0.538. The molecule has 0 aromatic heterocycles. The van der Waals surface area contributed by atoms with Crippen LogP contribution in [0.15, 0.2) is 36.4 Å². The molecule has 0 heterocycles. The van der Waals surface area contributed by atoms with Crippen molar-refractivity contribution >= 4 is 0 Å². The van der Waals surface area contributed by atoms with Gasteiger partial charge in [-0.05, 0) is 96.9 Å². The maximum Gasteiger partial charge on any atom is 0.119 e. The number of hydrogen-bond donors (Lipinski definition) is 0. The molecule has 0 radical (unpaired) electrons. The Balaban J connectivity index is 0.000000161. The number of ether oxygens (including phenoxy) is 2. The van der Waals surface area contributed by atoms with Gasteiger partial charge in [0.25, 0.3) is 0 Å². The standard InChI is InChI=1S/2C13H18O/c2*1-10-4-3-5-11-9-13(14-2)7-6-12(11)8-10/h2*6-7,9-10H,3-5,8H2,1-2H3/t2*10-/m10/s1. The Bertz CT molecular complexity index is 700. The number of benzene rings is 2. The Kier molecular flexibility index (Phi) is 7.42. The third-order valence-corrected chi connectivity index (χ3v) is 6.25. The normalized spacial score (nSPS) is 21.1. The van der Waals surface area contributed by atoms with E-state index < -0.39 is 0 Å². The van der Waals surface area contributed by atoms with E-state index in [9.17, 15) is 0 Å². The number of fused-ring (bicyclic) bond motifs is 2. The maximum atomic E-state index is 5.25. The van der Waals surface area contributed by atoms with Crippen LogP contribution in [0.1, 0.15) is 61.8 Å². The highest BCUT2D eigenvalue weighted by Crippen LogP contribution is 2.28. The molecule has 2 aromatic rings. The molecule has 0 saturated carbocycles. The van der Waals surface area contributed by atoms with Gasteiger partial charge in [0.15, 0.2) is 0 Å². The van der Waals surface area contributed by atoms with Crippen LogP contribution in [0.25, 0.3) is 0 Å². The highest BCUT2D eigenvalue weighted by atomic mass is 16.5. The van der Waals surface area contributed by atoms with E-state index in [1.165, 1.54) is 73.6 Å². The monoisotopic (exact) mass is 380 g/mol. The summed E-state index contributed by atoms with van der Waals surface area (Å²) in [6.07, 6.45) is 10.3. The average Bonchev–Trinajstić information content (AvgIpc) is 3.00. The van der Waals surface area contributed by atoms with Crippen LogP contribution in [0.4, 0.5) is 0 Å². The Morgan fingerprint density at radius 3 is 1.46 bits per heavy atom. The van der Waals surface area contributed by atoms with Gasteiger partial charge in [0, 0.05) is 0 Å². The minimum Gasteiger partial charge on any atom is -0.497 e. The summed E-state index contributed by atoms with van der Waals surface area (Å²) in [5.74, 6) is 3.67. The van der Waals surface area contributed by atoms with E-state index in [0.29, 0.717) is 0 Å². The van der Waals surface area contributed by atoms with Crippen LogP contribution in [0, 0.1) is 11.8 Å². The van der Waals surface area contributed by atoms with Crippen molar-refractivity contribution in [3.63, 3.8) is 0 Å². The van der Waals surface area contributed by atoms with Gasteiger partial charge in [0.2, 0.25) is 0 Å². The first kappa shape index (κ1) is 20.8. The zero-order valence-electron chi connectivity index (χ0n) is 18.1. The zero-order chi connectivity index (χ0) is 19.9. The smallest absolute Gasteiger partial charge is 0.119 e. The predicted molar refractivity (Wildman–Crippen MR) is 118 cm³/mol. The van der Waals surface area contributed by atoms with Crippen molar-refractivity contribution in [2.75, 3.05) is 14.2 Å². The van der Waals surface area contributed by atoms with Crippen molar-refractivity contribution in [1.82, 2.24) is 0 Å². The van der Waals surface area contributed by atoms with Gasteiger partial charge in [-0.1, -0.05) is 38.8 Å². The Morgan fingerprint density at radius 2 is 1.07 bits per heavy atom. The maximum absolute atomic E-state index is 5.25. The molecule has 2 heteroatoms. The fourth-order valence-electron chi connectivity index (χ4n) is 4.56. The molecule has 0 fully saturated rings. The van der Waals surface area contributed by atoms with Crippen molar-refractivity contribution in [2.45, 2.75) is 65.2 Å². The lowest BCUT2D eigenvalue weighted by Gasteiger charge is -2.09. The molecule has 2 atom stereocenters. The van der Waals surface area contributed by atoms with E-state index in [4.69, 9.17) is 9.47 Å². The molecule has 2 aliphatic carbocycles. The minimum absolute atomic E-state index is 0.838. The second-order valence-electron chi connectivity index (χ2n) is 8.67. The first-order chi connectivity index (χ1) is 13.6. The van der Waals surface area contributed by atoms with E-state index >= 15 is 0 Å². The van der Waals surface area contributed by atoms with Crippen molar-refractivity contribution in [1.29, 1.82) is 0 Å². The average molecular weight is 381 g/mol. The molecular weight excluding hydrogens is 344 g/mol. The van der Waals surface area contributed by atoms with Gasteiger partial charge in [0.1, 0.15) is 11.5 Å². The molecule has 0 saturated heterocycles. The zero-order valence-corrected chi connectivity index (χ0v) is 18.1. The number of hydrogen-bond acceptors (Lipinski definition) is 2. The van der Waals surface area contributed by atoms with Gasteiger partial charge >= 0.3 is 0 Å². The summed E-state index contributed by atoms with van der Waals surface area (Å²) >= 11 is 0. The Labute approximate surface area is 171 Å². The lowest BCUT2D eigenvalue weighted by molar-refractivity contribution is 0.414. The van der Waals surface area contributed by atoms with Crippen LogP contribution in [-0.2, 0) is 25.7 Å². The molecule has 0 aliphatic heterocycles.